The molecule has 33 heavy (non-hydrogen) atoms. The normalized spacial score (nSPS) is 18.8. The zero-order valence-corrected chi connectivity index (χ0v) is 19.9. The topological polar surface area (TPSA) is 128 Å². The van der Waals surface area contributed by atoms with Crippen molar-refractivity contribution in [1.29, 1.82) is 0 Å². The molecule has 0 radical (unpaired) electrons. The van der Waals surface area contributed by atoms with Crippen molar-refractivity contribution in [2.45, 2.75) is 36.2 Å². The summed E-state index contributed by atoms with van der Waals surface area (Å²) in [5, 5.41) is 12.1. The molecule has 1 fully saturated rings. The molecule has 2 N–H and O–H groups in total. The van der Waals surface area contributed by atoms with Crippen LogP contribution in [0.5, 0.6) is 0 Å². The van der Waals surface area contributed by atoms with Gasteiger partial charge in [0, 0.05) is 24.5 Å². The molecule has 10 nitrogen and oxygen atoms in total. The molecule has 0 saturated heterocycles. The zero-order valence-electron chi connectivity index (χ0n) is 17.5. The molecular formula is C21H20BrN5O5S. The second-order valence-corrected chi connectivity index (χ2v) is 10.7. The molecule has 1 saturated carbocycles. The van der Waals surface area contributed by atoms with Crippen LogP contribution < -0.4 is 11.0 Å². The summed E-state index contributed by atoms with van der Waals surface area (Å²) in [4.78, 5) is 28.8. The number of amides is 1. The Labute approximate surface area is 196 Å². The Morgan fingerprint density at radius 3 is 2.67 bits per heavy atom. The highest BCUT2D eigenvalue weighted by Gasteiger charge is 2.32. The first-order valence-electron chi connectivity index (χ1n) is 10.3. The highest BCUT2D eigenvalue weighted by molar-refractivity contribution is 9.10. The molecule has 12 heteroatoms. The molecule has 0 spiro atoms. The van der Waals surface area contributed by atoms with Gasteiger partial charge in [0.15, 0.2) is 5.65 Å². The quantitative estimate of drug-likeness (QED) is 0.414. The Morgan fingerprint density at radius 2 is 1.97 bits per heavy atom. The number of imidazole rings is 1. The van der Waals surface area contributed by atoms with Gasteiger partial charge in [-0.05, 0) is 53.4 Å². The molecule has 1 aromatic carbocycles. The summed E-state index contributed by atoms with van der Waals surface area (Å²) in [6, 6.07) is 9.24. The van der Waals surface area contributed by atoms with E-state index in [0.29, 0.717) is 40.3 Å². The predicted octanol–water partition coefficient (Wildman–Crippen LogP) is 3.05. The average Bonchev–Trinajstić information content (AvgIpc) is 3.43. The van der Waals surface area contributed by atoms with Crippen molar-refractivity contribution < 1.29 is 18.3 Å². The number of aryl methyl sites for hydroxylation is 1. The van der Waals surface area contributed by atoms with E-state index in [9.17, 15) is 18.0 Å². The predicted molar refractivity (Wildman–Crippen MR) is 125 cm³/mol. The van der Waals surface area contributed by atoms with E-state index in [0.717, 1.165) is 3.97 Å². The smallest absolute Gasteiger partial charge is 0.404 e. The number of halogens is 1. The van der Waals surface area contributed by atoms with Gasteiger partial charge in [-0.15, -0.1) is 0 Å². The van der Waals surface area contributed by atoms with Crippen LogP contribution in [0.1, 0.15) is 25.3 Å². The highest BCUT2D eigenvalue weighted by Crippen LogP contribution is 2.36. The second-order valence-electron chi connectivity index (χ2n) is 8.10. The Morgan fingerprint density at radius 1 is 1.24 bits per heavy atom. The number of rotatable bonds is 4. The first-order chi connectivity index (χ1) is 15.7. The first-order valence-corrected chi connectivity index (χ1v) is 12.5. The summed E-state index contributed by atoms with van der Waals surface area (Å²) in [7, 11) is -2.30. The molecule has 1 amide bonds. The van der Waals surface area contributed by atoms with E-state index in [4.69, 9.17) is 5.11 Å². The van der Waals surface area contributed by atoms with E-state index in [-0.39, 0.29) is 28.3 Å². The van der Waals surface area contributed by atoms with Crippen molar-refractivity contribution in [3.05, 3.63) is 57.7 Å². The van der Waals surface area contributed by atoms with Crippen LogP contribution in [0, 0.1) is 0 Å². The molecule has 2 atom stereocenters. The van der Waals surface area contributed by atoms with Crippen LogP contribution in [0.25, 0.3) is 22.1 Å². The number of fused-ring (bicyclic) bond motifs is 3. The standard InChI is InChI=1S/C21H20BrN5O5S/c1-25-16-11-23-19-15(10-17(22)27(19)33(31,32)14-5-3-2-4-6-14)18(16)26(21(25)30)13-8-7-12(9-13)24-20(28)29/h2-6,10-13,24H,7-9H2,1H3,(H,28,29)/t12-,13-/m1/s1. The average molecular weight is 534 g/mol. The summed E-state index contributed by atoms with van der Waals surface area (Å²) in [6.07, 6.45) is 2.11. The van der Waals surface area contributed by atoms with Crippen molar-refractivity contribution in [3.8, 4) is 0 Å². The van der Waals surface area contributed by atoms with Gasteiger partial charge in [0.05, 0.1) is 22.1 Å². The number of benzene rings is 1. The van der Waals surface area contributed by atoms with Crippen LogP contribution in [0.3, 0.4) is 0 Å². The second kappa shape index (κ2) is 7.73. The third-order valence-corrected chi connectivity index (χ3v) is 8.71. The fraction of sp³-hybridized carbons (Fsp3) is 0.286. The molecule has 3 heterocycles. The highest BCUT2D eigenvalue weighted by atomic mass is 79.9. The maximum Gasteiger partial charge on any atom is 0.404 e. The van der Waals surface area contributed by atoms with E-state index in [1.165, 1.54) is 22.9 Å². The maximum atomic E-state index is 13.4. The van der Waals surface area contributed by atoms with Crippen molar-refractivity contribution in [3.63, 3.8) is 0 Å². The Balaban J connectivity index is 1.73. The lowest BCUT2D eigenvalue weighted by Crippen LogP contribution is -2.32. The van der Waals surface area contributed by atoms with Crippen molar-refractivity contribution in [1.82, 2.24) is 23.4 Å². The van der Waals surface area contributed by atoms with Gasteiger partial charge in [-0.1, -0.05) is 18.2 Å². The number of carboxylic acid groups (broad SMARTS) is 1. The third-order valence-electron chi connectivity index (χ3n) is 6.17. The van der Waals surface area contributed by atoms with Crippen LogP contribution >= 0.6 is 15.9 Å². The monoisotopic (exact) mass is 533 g/mol. The van der Waals surface area contributed by atoms with E-state index >= 15 is 0 Å². The van der Waals surface area contributed by atoms with E-state index < -0.39 is 16.1 Å². The van der Waals surface area contributed by atoms with Crippen LogP contribution in [0.15, 0.2) is 56.9 Å². The van der Waals surface area contributed by atoms with Crippen LogP contribution in [0.4, 0.5) is 4.79 Å². The summed E-state index contributed by atoms with van der Waals surface area (Å²) in [6.45, 7) is 0. The Kier molecular flexibility index (Phi) is 5.09. The van der Waals surface area contributed by atoms with Crippen molar-refractivity contribution in [2.75, 3.05) is 0 Å². The van der Waals surface area contributed by atoms with Gasteiger partial charge < -0.3 is 10.4 Å². The fourth-order valence-electron chi connectivity index (χ4n) is 4.69. The van der Waals surface area contributed by atoms with Gasteiger partial charge >= 0.3 is 11.8 Å². The first kappa shape index (κ1) is 21.7. The molecule has 0 bridgehead atoms. The lowest BCUT2D eigenvalue weighted by molar-refractivity contribution is 0.190. The summed E-state index contributed by atoms with van der Waals surface area (Å²) in [5.41, 5.74) is 1.10. The number of hydrogen-bond donors (Lipinski definition) is 2. The summed E-state index contributed by atoms with van der Waals surface area (Å²) in [5.74, 6) is 0. The van der Waals surface area contributed by atoms with Gasteiger partial charge in [-0.3, -0.25) is 9.13 Å². The number of pyridine rings is 1. The van der Waals surface area contributed by atoms with Gasteiger partial charge in [-0.2, -0.15) is 0 Å². The molecule has 5 rings (SSSR count). The van der Waals surface area contributed by atoms with Crippen molar-refractivity contribution >= 4 is 54.1 Å². The number of carbonyl (C=O) groups is 1. The molecule has 0 aliphatic heterocycles. The van der Waals surface area contributed by atoms with Gasteiger partial charge in [0.1, 0.15) is 4.60 Å². The molecule has 1 aliphatic rings. The van der Waals surface area contributed by atoms with Gasteiger partial charge in [0.2, 0.25) is 0 Å². The number of nitrogens with one attached hydrogen (secondary N) is 1. The fourth-order valence-corrected chi connectivity index (χ4v) is 7.03. The van der Waals surface area contributed by atoms with Crippen molar-refractivity contribution in [2.24, 2.45) is 7.05 Å². The lowest BCUT2D eigenvalue weighted by Gasteiger charge is -2.14. The number of nitrogens with zero attached hydrogens (tertiary/aromatic N) is 4. The van der Waals surface area contributed by atoms with E-state index in [1.54, 1.807) is 35.9 Å². The summed E-state index contributed by atoms with van der Waals surface area (Å²) < 4.78 is 31.3. The number of aromatic nitrogens is 4. The van der Waals surface area contributed by atoms with Crippen LogP contribution in [-0.2, 0) is 17.1 Å². The molecule has 172 valence electrons. The molecule has 0 unspecified atom stereocenters. The third kappa shape index (κ3) is 3.35. The Bertz CT molecular complexity index is 1570. The van der Waals surface area contributed by atoms with Crippen LogP contribution in [0.2, 0.25) is 0 Å². The number of hydrogen-bond acceptors (Lipinski definition) is 5. The van der Waals surface area contributed by atoms with Gasteiger partial charge in [-0.25, -0.2) is 27.0 Å². The van der Waals surface area contributed by atoms with Gasteiger partial charge in [0.25, 0.3) is 10.0 Å². The van der Waals surface area contributed by atoms with E-state index in [1.807, 2.05) is 0 Å². The zero-order chi connectivity index (χ0) is 23.5. The minimum Gasteiger partial charge on any atom is -0.465 e. The molecule has 1 aliphatic carbocycles. The maximum absolute atomic E-state index is 13.4. The minimum atomic E-state index is -3.94. The van der Waals surface area contributed by atoms with Crippen LogP contribution in [-0.4, -0.2) is 43.7 Å². The molecule has 3 aromatic heterocycles. The van der Waals surface area contributed by atoms with E-state index in [2.05, 4.69) is 26.2 Å². The minimum absolute atomic E-state index is 0.119. The largest absolute Gasteiger partial charge is 0.465 e. The summed E-state index contributed by atoms with van der Waals surface area (Å²) >= 11 is 3.37. The Hall–Kier alpha value is -3.12. The molecular weight excluding hydrogens is 514 g/mol. The lowest BCUT2D eigenvalue weighted by atomic mass is 10.2. The SMILES string of the molecule is Cn1c(=O)n([C@@H]2CC[C@@H](NC(=O)O)C2)c2c3cc(Br)n(S(=O)(=O)c4ccccc4)c3ncc21. The molecule has 4 aromatic rings.